The number of aromatic amines is 1. The maximum absolute atomic E-state index is 12.0. The van der Waals surface area contributed by atoms with Gasteiger partial charge in [0.2, 0.25) is 0 Å². The van der Waals surface area contributed by atoms with Crippen molar-refractivity contribution >= 4 is 17.7 Å². The lowest BCUT2D eigenvalue weighted by molar-refractivity contribution is -0.109. The van der Waals surface area contributed by atoms with Gasteiger partial charge in [-0.3, -0.25) is 4.98 Å². The molecule has 1 atom stereocenters. The molecule has 1 aliphatic rings. The number of aldehydes is 1. The molecule has 2 heterocycles. The smallest absolute Gasteiger partial charge is 0.127 e. The molecule has 0 saturated heterocycles. The molecule has 4 nitrogen and oxygen atoms in total. The Kier molecular flexibility index (Phi) is 4.80. The van der Waals surface area contributed by atoms with Gasteiger partial charge in [-0.15, -0.1) is 0 Å². The van der Waals surface area contributed by atoms with Gasteiger partial charge in [-0.2, -0.15) is 0 Å². The van der Waals surface area contributed by atoms with E-state index in [9.17, 15) is 4.79 Å². The van der Waals surface area contributed by atoms with Crippen molar-refractivity contribution in [2.45, 2.75) is 46.0 Å². The molecule has 0 radical (unpaired) electrons. The quantitative estimate of drug-likeness (QED) is 0.569. The highest BCUT2D eigenvalue weighted by Gasteiger charge is 2.36. The number of hydrogen-bond donors (Lipinski definition) is 2. The summed E-state index contributed by atoms with van der Waals surface area (Å²) >= 11 is 0. The van der Waals surface area contributed by atoms with Crippen LogP contribution in [0.5, 0.6) is 0 Å². The van der Waals surface area contributed by atoms with Gasteiger partial charge in [0.25, 0.3) is 0 Å². The second-order valence-corrected chi connectivity index (χ2v) is 8.43. The first-order valence-corrected chi connectivity index (χ1v) is 9.98. The molecule has 0 fully saturated rings. The Morgan fingerprint density at radius 1 is 1.21 bits per heavy atom. The Bertz CT molecular complexity index is 988. The predicted molar refractivity (Wildman–Crippen MR) is 114 cm³/mol. The SMILES string of the molecule is CCc1ccccc1Nc1c(-c2ccncc2)[nH]c2c1C(C=O)CC(C)(C)C2. The zero-order chi connectivity index (χ0) is 19.7. The van der Waals surface area contributed by atoms with Crippen molar-refractivity contribution in [1.82, 2.24) is 9.97 Å². The van der Waals surface area contributed by atoms with Crippen LogP contribution in [-0.2, 0) is 17.6 Å². The molecular formula is C24H27N3O. The minimum absolute atomic E-state index is 0.0948. The molecule has 4 rings (SSSR count). The van der Waals surface area contributed by atoms with Crippen molar-refractivity contribution in [3.63, 3.8) is 0 Å². The van der Waals surface area contributed by atoms with E-state index in [1.807, 2.05) is 18.2 Å². The van der Waals surface area contributed by atoms with Crippen molar-refractivity contribution in [2.24, 2.45) is 5.41 Å². The normalized spacial score (nSPS) is 17.8. The molecule has 4 heteroatoms. The number of para-hydroxylation sites is 1. The predicted octanol–water partition coefficient (Wildman–Crippen LogP) is 5.64. The van der Waals surface area contributed by atoms with Gasteiger partial charge in [0.1, 0.15) is 6.29 Å². The maximum atomic E-state index is 12.0. The molecule has 2 aromatic heterocycles. The summed E-state index contributed by atoms with van der Waals surface area (Å²) in [5.41, 5.74) is 7.86. The van der Waals surface area contributed by atoms with Crippen LogP contribution >= 0.6 is 0 Å². The summed E-state index contributed by atoms with van der Waals surface area (Å²) < 4.78 is 0. The fraction of sp³-hybridized carbons (Fsp3) is 0.333. The number of H-pyrrole nitrogens is 1. The number of nitrogens with one attached hydrogen (secondary N) is 2. The molecular weight excluding hydrogens is 346 g/mol. The Morgan fingerprint density at radius 3 is 2.68 bits per heavy atom. The number of nitrogens with zero attached hydrogens (tertiary/aromatic N) is 1. The fourth-order valence-electron chi connectivity index (χ4n) is 4.43. The lowest BCUT2D eigenvalue weighted by Gasteiger charge is -2.33. The third kappa shape index (κ3) is 3.35. The van der Waals surface area contributed by atoms with Gasteiger partial charge < -0.3 is 15.1 Å². The molecule has 1 aromatic carbocycles. The van der Waals surface area contributed by atoms with Crippen LogP contribution in [0.15, 0.2) is 48.8 Å². The number of rotatable bonds is 5. The standard InChI is InChI=1S/C24H27N3O/c1-4-16-7-5-6-8-19(16)26-23-21-18(15-28)13-24(2,3)14-20(21)27-22(23)17-9-11-25-12-10-17/h5-12,15,18,26-27H,4,13-14H2,1-3H3. The lowest BCUT2D eigenvalue weighted by atomic mass is 9.71. The monoisotopic (exact) mass is 373 g/mol. The van der Waals surface area contributed by atoms with E-state index in [1.54, 1.807) is 12.4 Å². The second-order valence-electron chi connectivity index (χ2n) is 8.43. The summed E-state index contributed by atoms with van der Waals surface area (Å²) in [4.78, 5) is 19.8. The highest BCUT2D eigenvalue weighted by Crippen LogP contribution is 2.48. The fourth-order valence-corrected chi connectivity index (χ4v) is 4.43. The third-order valence-electron chi connectivity index (χ3n) is 5.71. The van der Waals surface area contributed by atoms with E-state index in [0.717, 1.165) is 59.4 Å². The Labute approximate surface area is 166 Å². The molecule has 3 aromatic rings. The topological polar surface area (TPSA) is 57.8 Å². The Balaban J connectivity index is 1.90. The number of aromatic nitrogens is 2. The Hall–Kier alpha value is -2.88. The number of benzene rings is 1. The zero-order valence-corrected chi connectivity index (χ0v) is 16.8. The summed E-state index contributed by atoms with van der Waals surface area (Å²) in [5.74, 6) is -0.109. The summed E-state index contributed by atoms with van der Waals surface area (Å²) in [7, 11) is 0. The van der Waals surface area contributed by atoms with Crippen LogP contribution in [-0.4, -0.2) is 16.3 Å². The van der Waals surface area contributed by atoms with Gasteiger partial charge in [-0.05, 0) is 48.4 Å². The van der Waals surface area contributed by atoms with Crippen molar-refractivity contribution in [3.8, 4) is 11.3 Å². The molecule has 0 spiro atoms. The van der Waals surface area contributed by atoms with E-state index in [0.29, 0.717) is 0 Å². The van der Waals surface area contributed by atoms with Gasteiger partial charge in [-0.25, -0.2) is 0 Å². The van der Waals surface area contributed by atoms with Crippen molar-refractivity contribution < 1.29 is 4.79 Å². The highest BCUT2D eigenvalue weighted by molar-refractivity contribution is 5.86. The summed E-state index contributed by atoms with van der Waals surface area (Å²) in [6.45, 7) is 6.63. The molecule has 1 aliphatic carbocycles. The van der Waals surface area contributed by atoms with Crippen LogP contribution in [0.4, 0.5) is 11.4 Å². The minimum Gasteiger partial charge on any atom is -0.356 e. The van der Waals surface area contributed by atoms with E-state index in [2.05, 4.69) is 54.3 Å². The van der Waals surface area contributed by atoms with Crippen LogP contribution in [0.3, 0.4) is 0 Å². The Morgan fingerprint density at radius 2 is 1.96 bits per heavy atom. The van der Waals surface area contributed by atoms with E-state index < -0.39 is 0 Å². The van der Waals surface area contributed by atoms with E-state index in [-0.39, 0.29) is 11.3 Å². The van der Waals surface area contributed by atoms with Crippen molar-refractivity contribution in [2.75, 3.05) is 5.32 Å². The van der Waals surface area contributed by atoms with E-state index in [1.165, 1.54) is 5.56 Å². The van der Waals surface area contributed by atoms with E-state index in [4.69, 9.17) is 0 Å². The van der Waals surface area contributed by atoms with Crippen LogP contribution in [0.1, 0.15) is 49.9 Å². The van der Waals surface area contributed by atoms with E-state index >= 15 is 0 Å². The number of aryl methyl sites for hydroxylation is 1. The summed E-state index contributed by atoms with van der Waals surface area (Å²) in [5, 5.41) is 3.68. The van der Waals surface area contributed by atoms with Crippen LogP contribution in [0.25, 0.3) is 11.3 Å². The molecule has 0 bridgehead atoms. The zero-order valence-electron chi connectivity index (χ0n) is 16.8. The largest absolute Gasteiger partial charge is 0.356 e. The molecule has 1 unspecified atom stereocenters. The average molecular weight is 374 g/mol. The molecule has 0 saturated carbocycles. The summed E-state index contributed by atoms with van der Waals surface area (Å²) in [6.07, 6.45) is 7.47. The van der Waals surface area contributed by atoms with Crippen LogP contribution < -0.4 is 5.32 Å². The number of pyridine rings is 1. The number of carbonyl (C=O) groups excluding carboxylic acids is 1. The van der Waals surface area contributed by atoms with Gasteiger partial charge in [-0.1, -0.05) is 39.0 Å². The minimum atomic E-state index is -0.109. The first-order valence-electron chi connectivity index (χ1n) is 9.98. The van der Waals surface area contributed by atoms with Gasteiger partial charge in [0.15, 0.2) is 0 Å². The van der Waals surface area contributed by atoms with Crippen LogP contribution in [0.2, 0.25) is 0 Å². The molecule has 2 N–H and O–H groups in total. The number of carbonyl (C=O) groups is 1. The third-order valence-corrected chi connectivity index (χ3v) is 5.71. The molecule has 0 amide bonds. The number of hydrogen-bond acceptors (Lipinski definition) is 3. The second kappa shape index (κ2) is 7.27. The van der Waals surface area contributed by atoms with Crippen LogP contribution in [0, 0.1) is 5.41 Å². The molecule has 0 aliphatic heterocycles. The highest BCUT2D eigenvalue weighted by atomic mass is 16.1. The average Bonchev–Trinajstić information content (AvgIpc) is 3.05. The number of anilines is 2. The first-order chi connectivity index (χ1) is 13.5. The van der Waals surface area contributed by atoms with Crippen molar-refractivity contribution in [3.05, 3.63) is 65.6 Å². The first kappa shape index (κ1) is 18.5. The van der Waals surface area contributed by atoms with Crippen molar-refractivity contribution in [1.29, 1.82) is 0 Å². The summed E-state index contributed by atoms with van der Waals surface area (Å²) in [6, 6.07) is 12.4. The van der Waals surface area contributed by atoms with Gasteiger partial charge in [0, 0.05) is 40.8 Å². The molecule has 28 heavy (non-hydrogen) atoms. The maximum Gasteiger partial charge on any atom is 0.127 e. The number of fused-ring (bicyclic) bond motifs is 1. The lowest BCUT2D eigenvalue weighted by Crippen LogP contribution is -2.26. The van der Waals surface area contributed by atoms with Gasteiger partial charge >= 0.3 is 0 Å². The molecule has 144 valence electrons. The van der Waals surface area contributed by atoms with Gasteiger partial charge in [0.05, 0.1) is 11.4 Å².